The molecule has 2 aromatic rings. The minimum Gasteiger partial charge on any atom is -0.508 e. The topological polar surface area (TPSA) is 81.9 Å². The molecule has 1 amide bonds. The van der Waals surface area contributed by atoms with Gasteiger partial charge in [0, 0.05) is 10.6 Å². The summed E-state index contributed by atoms with van der Waals surface area (Å²) in [6.07, 6.45) is 1.40. The largest absolute Gasteiger partial charge is 0.508 e. The summed E-state index contributed by atoms with van der Waals surface area (Å²) < 4.78 is 0. The lowest BCUT2D eigenvalue weighted by atomic mass is 10.1. The van der Waals surface area contributed by atoms with Crippen LogP contribution in [0.25, 0.3) is 0 Å². The van der Waals surface area contributed by atoms with Gasteiger partial charge < -0.3 is 10.2 Å². The molecule has 2 rings (SSSR count). The number of nitrogens with zero attached hydrogens (tertiary/aromatic N) is 1. The van der Waals surface area contributed by atoms with E-state index in [1.54, 1.807) is 18.2 Å². The van der Waals surface area contributed by atoms with Crippen LogP contribution in [0.5, 0.6) is 11.5 Å². The quantitative estimate of drug-likeness (QED) is 0.599. The van der Waals surface area contributed by atoms with E-state index in [9.17, 15) is 15.0 Å². The molecule has 0 unspecified atom stereocenters. The van der Waals surface area contributed by atoms with Crippen molar-refractivity contribution in [2.45, 2.75) is 6.42 Å². The molecule has 0 aliphatic carbocycles. The van der Waals surface area contributed by atoms with Crippen molar-refractivity contribution in [3.63, 3.8) is 0 Å². The number of halogens is 1. The SMILES string of the molecule is O=C(Cc1cccc(O)c1)N/N=C/c1cc(Cl)ccc1O. The predicted octanol–water partition coefficient (Wildman–Crippen LogP) is 2.44. The molecule has 0 fully saturated rings. The van der Waals surface area contributed by atoms with Gasteiger partial charge in [0.15, 0.2) is 0 Å². The Kier molecular flexibility index (Phi) is 4.79. The van der Waals surface area contributed by atoms with Crippen molar-refractivity contribution in [1.29, 1.82) is 0 Å². The number of aromatic hydroxyl groups is 2. The van der Waals surface area contributed by atoms with Crippen LogP contribution in [0.15, 0.2) is 47.6 Å². The van der Waals surface area contributed by atoms with Gasteiger partial charge in [-0.3, -0.25) is 4.79 Å². The molecule has 0 bridgehead atoms. The van der Waals surface area contributed by atoms with Crippen LogP contribution in [-0.2, 0) is 11.2 Å². The van der Waals surface area contributed by atoms with Crippen LogP contribution in [0, 0.1) is 0 Å². The summed E-state index contributed by atoms with van der Waals surface area (Å²) in [6.45, 7) is 0. The Morgan fingerprint density at radius 3 is 2.81 bits per heavy atom. The molecule has 0 aliphatic rings. The monoisotopic (exact) mass is 304 g/mol. The second kappa shape index (κ2) is 6.76. The standard InChI is InChI=1S/C15H13ClN2O3/c16-12-4-5-14(20)11(8-12)9-17-18-15(21)7-10-2-1-3-13(19)6-10/h1-6,8-9,19-20H,7H2,(H,18,21)/b17-9+. The normalized spacial score (nSPS) is 10.7. The molecule has 3 N–H and O–H groups in total. The van der Waals surface area contributed by atoms with Crippen molar-refractivity contribution in [3.05, 3.63) is 58.6 Å². The van der Waals surface area contributed by atoms with E-state index in [0.29, 0.717) is 16.1 Å². The van der Waals surface area contributed by atoms with Crippen LogP contribution in [-0.4, -0.2) is 22.3 Å². The first-order chi connectivity index (χ1) is 10.0. The van der Waals surface area contributed by atoms with E-state index in [1.807, 2.05) is 0 Å². The van der Waals surface area contributed by atoms with E-state index in [0.717, 1.165) is 0 Å². The third-order valence-electron chi connectivity index (χ3n) is 2.66. The minimum absolute atomic E-state index is 0.0189. The molecule has 0 spiro atoms. The zero-order valence-electron chi connectivity index (χ0n) is 11.0. The van der Waals surface area contributed by atoms with Gasteiger partial charge in [-0.05, 0) is 35.9 Å². The van der Waals surface area contributed by atoms with E-state index in [-0.39, 0.29) is 23.8 Å². The summed E-state index contributed by atoms with van der Waals surface area (Å²) in [7, 11) is 0. The van der Waals surface area contributed by atoms with E-state index in [2.05, 4.69) is 10.5 Å². The van der Waals surface area contributed by atoms with Crippen LogP contribution in [0.1, 0.15) is 11.1 Å². The lowest BCUT2D eigenvalue weighted by Crippen LogP contribution is -2.19. The number of benzene rings is 2. The van der Waals surface area contributed by atoms with Gasteiger partial charge in [0.25, 0.3) is 0 Å². The molecule has 108 valence electrons. The molecule has 0 saturated carbocycles. The molecule has 0 radical (unpaired) electrons. The third kappa shape index (κ3) is 4.50. The number of hydrogen-bond acceptors (Lipinski definition) is 4. The van der Waals surface area contributed by atoms with Crippen molar-refractivity contribution >= 4 is 23.7 Å². The number of phenolic OH excluding ortho intramolecular Hbond substituents is 2. The van der Waals surface area contributed by atoms with E-state index < -0.39 is 0 Å². The Morgan fingerprint density at radius 2 is 2.05 bits per heavy atom. The molecular weight excluding hydrogens is 292 g/mol. The highest BCUT2D eigenvalue weighted by molar-refractivity contribution is 6.30. The fraction of sp³-hybridized carbons (Fsp3) is 0.0667. The average Bonchev–Trinajstić information content (AvgIpc) is 2.42. The Morgan fingerprint density at radius 1 is 1.24 bits per heavy atom. The number of nitrogens with one attached hydrogen (secondary N) is 1. The minimum atomic E-state index is -0.335. The Hall–Kier alpha value is -2.53. The summed E-state index contributed by atoms with van der Waals surface area (Å²) in [5.74, 6) is -0.212. The molecule has 0 atom stereocenters. The van der Waals surface area contributed by atoms with E-state index >= 15 is 0 Å². The average molecular weight is 305 g/mol. The highest BCUT2D eigenvalue weighted by Crippen LogP contribution is 2.19. The van der Waals surface area contributed by atoms with Gasteiger partial charge in [-0.25, -0.2) is 5.43 Å². The van der Waals surface area contributed by atoms with Crippen LogP contribution in [0.4, 0.5) is 0 Å². The zero-order chi connectivity index (χ0) is 15.2. The van der Waals surface area contributed by atoms with Gasteiger partial charge >= 0.3 is 0 Å². The van der Waals surface area contributed by atoms with Gasteiger partial charge in [-0.1, -0.05) is 23.7 Å². The summed E-state index contributed by atoms with van der Waals surface area (Å²) in [4.78, 5) is 11.7. The molecule has 2 aromatic carbocycles. The number of hydrazone groups is 1. The van der Waals surface area contributed by atoms with Gasteiger partial charge in [0.2, 0.25) is 5.91 Å². The maximum absolute atomic E-state index is 11.7. The Balaban J connectivity index is 1.94. The number of carbonyl (C=O) groups excluding carboxylic acids is 1. The first-order valence-corrected chi connectivity index (χ1v) is 6.51. The lowest BCUT2D eigenvalue weighted by molar-refractivity contribution is -0.120. The number of rotatable bonds is 4. The van der Waals surface area contributed by atoms with Crippen molar-refractivity contribution in [1.82, 2.24) is 5.43 Å². The van der Waals surface area contributed by atoms with Gasteiger partial charge in [0.1, 0.15) is 11.5 Å². The summed E-state index contributed by atoms with van der Waals surface area (Å²) in [5, 5.41) is 23.1. The maximum Gasteiger partial charge on any atom is 0.244 e. The Labute approximate surface area is 126 Å². The summed E-state index contributed by atoms with van der Waals surface area (Å²) in [6, 6.07) is 10.9. The molecule has 0 heterocycles. The second-order valence-electron chi connectivity index (χ2n) is 4.34. The highest BCUT2D eigenvalue weighted by atomic mass is 35.5. The van der Waals surface area contributed by atoms with Gasteiger partial charge in [-0.2, -0.15) is 5.10 Å². The van der Waals surface area contributed by atoms with Crippen molar-refractivity contribution < 1.29 is 15.0 Å². The van der Waals surface area contributed by atoms with Crippen molar-refractivity contribution in [2.75, 3.05) is 0 Å². The highest BCUT2D eigenvalue weighted by Gasteiger charge is 2.03. The molecule has 0 aromatic heterocycles. The van der Waals surface area contributed by atoms with E-state index in [4.69, 9.17) is 11.6 Å². The lowest BCUT2D eigenvalue weighted by Gasteiger charge is -2.02. The molecule has 6 heteroatoms. The van der Waals surface area contributed by atoms with Crippen LogP contribution in [0.3, 0.4) is 0 Å². The fourth-order valence-electron chi connectivity index (χ4n) is 1.69. The second-order valence-corrected chi connectivity index (χ2v) is 4.78. The maximum atomic E-state index is 11.7. The fourth-order valence-corrected chi connectivity index (χ4v) is 1.87. The molecule has 5 nitrogen and oxygen atoms in total. The number of hydrogen-bond donors (Lipinski definition) is 3. The smallest absolute Gasteiger partial charge is 0.244 e. The van der Waals surface area contributed by atoms with Crippen LogP contribution < -0.4 is 5.43 Å². The van der Waals surface area contributed by atoms with Crippen LogP contribution in [0.2, 0.25) is 5.02 Å². The van der Waals surface area contributed by atoms with Crippen molar-refractivity contribution in [3.8, 4) is 11.5 Å². The predicted molar refractivity (Wildman–Crippen MR) is 80.7 cm³/mol. The van der Waals surface area contributed by atoms with Crippen LogP contribution >= 0.6 is 11.6 Å². The van der Waals surface area contributed by atoms with Gasteiger partial charge in [-0.15, -0.1) is 0 Å². The first kappa shape index (κ1) is 14.9. The molecule has 21 heavy (non-hydrogen) atoms. The molecule has 0 aliphatic heterocycles. The van der Waals surface area contributed by atoms with Crippen molar-refractivity contribution in [2.24, 2.45) is 5.10 Å². The third-order valence-corrected chi connectivity index (χ3v) is 2.89. The number of phenols is 2. The zero-order valence-corrected chi connectivity index (χ0v) is 11.7. The van der Waals surface area contributed by atoms with Gasteiger partial charge in [0.05, 0.1) is 12.6 Å². The number of carbonyl (C=O) groups is 1. The molecule has 0 saturated heterocycles. The summed E-state index contributed by atoms with van der Waals surface area (Å²) in [5.41, 5.74) is 3.42. The number of amides is 1. The molecular formula is C15H13ClN2O3. The van der Waals surface area contributed by atoms with E-state index in [1.165, 1.54) is 30.5 Å². The first-order valence-electron chi connectivity index (χ1n) is 6.13. The summed E-state index contributed by atoms with van der Waals surface area (Å²) >= 11 is 5.80. The Bertz CT molecular complexity index is 686.